The lowest BCUT2D eigenvalue weighted by molar-refractivity contribution is -0.126. The Kier molecular flexibility index (Phi) is 4.54. The summed E-state index contributed by atoms with van der Waals surface area (Å²) >= 11 is 0. The molecular weight excluding hydrogens is 238 g/mol. The number of Topliss-reactive ketones (excluding diaryl/α,β-unsaturated/α-hetero) is 1. The number of benzene rings is 1. The molecule has 0 aliphatic heterocycles. The lowest BCUT2D eigenvalue weighted by Crippen LogP contribution is -2.46. The van der Waals surface area contributed by atoms with Gasteiger partial charge in [0.25, 0.3) is 0 Å². The molecular formula is C13H18ClNO2. The fourth-order valence-electron chi connectivity index (χ4n) is 2.26. The van der Waals surface area contributed by atoms with Crippen LogP contribution in [0, 0.1) is 0 Å². The van der Waals surface area contributed by atoms with Crippen molar-refractivity contribution in [1.82, 2.24) is 0 Å². The van der Waals surface area contributed by atoms with Gasteiger partial charge in [0.1, 0.15) is 11.3 Å². The molecule has 0 heterocycles. The second-order valence-corrected chi connectivity index (χ2v) is 4.33. The molecule has 0 aromatic heterocycles. The van der Waals surface area contributed by atoms with Gasteiger partial charge in [-0.1, -0.05) is 18.6 Å². The van der Waals surface area contributed by atoms with E-state index in [9.17, 15) is 4.79 Å². The van der Waals surface area contributed by atoms with Crippen LogP contribution in [-0.4, -0.2) is 12.9 Å². The molecule has 0 amide bonds. The number of hydrogen-bond donors (Lipinski definition) is 1. The smallest absolute Gasteiger partial charge is 0.157 e. The summed E-state index contributed by atoms with van der Waals surface area (Å²) in [5.74, 6) is 0.896. The van der Waals surface area contributed by atoms with E-state index in [4.69, 9.17) is 10.5 Å². The van der Waals surface area contributed by atoms with E-state index in [1.807, 2.05) is 24.3 Å². The van der Waals surface area contributed by atoms with Crippen molar-refractivity contribution in [2.75, 3.05) is 7.11 Å². The van der Waals surface area contributed by atoms with Gasteiger partial charge in [-0.05, 0) is 30.5 Å². The van der Waals surface area contributed by atoms with Crippen LogP contribution < -0.4 is 10.5 Å². The fraction of sp³-hybridized carbons (Fsp3) is 0.462. The highest BCUT2D eigenvalue weighted by atomic mass is 35.5. The van der Waals surface area contributed by atoms with Gasteiger partial charge < -0.3 is 10.5 Å². The molecule has 0 bridgehead atoms. The van der Waals surface area contributed by atoms with Crippen LogP contribution in [-0.2, 0) is 10.3 Å². The van der Waals surface area contributed by atoms with E-state index in [1.165, 1.54) is 0 Å². The Morgan fingerprint density at radius 3 is 2.76 bits per heavy atom. The molecule has 1 aliphatic rings. The molecule has 1 saturated carbocycles. The zero-order valence-electron chi connectivity index (χ0n) is 9.94. The molecule has 3 nitrogen and oxygen atoms in total. The SMILES string of the molecule is COc1cccc(C2(N)CCCCC2=O)c1.Cl. The van der Waals surface area contributed by atoms with Crippen LogP contribution in [0.25, 0.3) is 0 Å². The maximum atomic E-state index is 12.0. The van der Waals surface area contributed by atoms with Gasteiger partial charge in [0.2, 0.25) is 0 Å². The fourth-order valence-corrected chi connectivity index (χ4v) is 2.26. The maximum Gasteiger partial charge on any atom is 0.157 e. The predicted molar refractivity (Wildman–Crippen MR) is 69.6 cm³/mol. The summed E-state index contributed by atoms with van der Waals surface area (Å²) in [4.78, 5) is 12.0. The van der Waals surface area contributed by atoms with Crippen LogP contribution in [0.1, 0.15) is 31.2 Å². The summed E-state index contributed by atoms with van der Waals surface area (Å²) < 4.78 is 5.16. The highest BCUT2D eigenvalue weighted by molar-refractivity contribution is 5.90. The summed E-state index contributed by atoms with van der Waals surface area (Å²) in [6, 6.07) is 7.51. The Labute approximate surface area is 108 Å². The van der Waals surface area contributed by atoms with Gasteiger partial charge in [-0.15, -0.1) is 12.4 Å². The summed E-state index contributed by atoms with van der Waals surface area (Å²) in [7, 11) is 1.62. The molecule has 0 radical (unpaired) electrons. The maximum absolute atomic E-state index is 12.0. The van der Waals surface area contributed by atoms with Gasteiger partial charge in [-0.3, -0.25) is 4.79 Å². The Balaban J connectivity index is 0.00000144. The van der Waals surface area contributed by atoms with Gasteiger partial charge in [-0.25, -0.2) is 0 Å². The van der Waals surface area contributed by atoms with Crippen molar-refractivity contribution in [2.45, 2.75) is 31.2 Å². The molecule has 2 rings (SSSR count). The lowest BCUT2D eigenvalue weighted by Gasteiger charge is -2.32. The number of methoxy groups -OCH3 is 1. The van der Waals surface area contributed by atoms with Crippen molar-refractivity contribution < 1.29 is 9.53 Å². The number of nitrogens with two attached hydrogens (primary N) is 1. The number of carbonyl (C=O) groups is 1. The third-order valence-electron chi connectivity index (χ3n) is 3.31. The number of ketones is 1. The Morgan fingerprint density at radius 2 is 2.12 bits per heavy atom. The van der Waals surface area contributed by atoms with E-state index >= 15 is 0 Å². The first kappa shape index (κ1) is 14.0. The van der Waals surface area contributed by atoms with E-state index in [2.05, 4.69) is 0 Å². The quantitative estimate of drug-likeness (QED) is 0.883. The standard InChI is InChI=1S/C13H17NO2.ClH/c1-16-11-6-4-5-10(9-11)13(14)8-3-2-7-12(13)15;/h4-6,9H,2-3,7-8,14H2,1H3;1H. The average molecular weight is 256 g/mol. The first-order chi connectivity index (χ1) is 7.66. The minimum atomic E-state index is -0.799. The first-order valence-electron chi connectivity index (χ1n) is 5.63. The zero-order valence-corrected chi connectivity index (χ0v) is 10.8. The third kappa shape index (κ3) is 2.61. The molecule has 94 valence electrons. The normalized spacial score (nSPS) is 24.0. The van der Waals surface area contributed by atoms with E-state index in [0.717, 1.165) is 30.6 Å². The Bertz CT molecular complexity index is 408. The van der Waals surface area contributed by atoms with Crippen molar-refractivity contribution in [1.29, 1.82) is 0 Å². The number of rotatable bonds is 2. The van der Waals surface area contributed by atoms with Gasteiger partial charge in [-0.2, -0.15) is 0 Å². The molecule has 2 N–H and O–H groups in total. The van der Waals surface area contributed by atoms with Crippen LogP contribution >= 0.6 is 12.4 Å². The van der Waals surface area contributed by atoms with Crippen molar-refractivity contribution in [3.05, 3.63) is 29.8 Å². The van der Waals surface area contributed by atoms with E-state index in [0.29, 0.717) is 6.42 Å². The highest BCUT2D eigenvalue weighted by Gasteiger charge is 2.37. The van der Waals surface area contributed by atoms with E-state index in [1.54, 1.807) is 7.11 Å². The van der Waals surface area contributed by atoms with Gasteiger partial charge in [0.05, 0.1) is 7.11 Å². The number of hydrogen-bond acceptors (Lipinski definition) is 3. The van der Waals surface area contributed by atoms with Crippen LogP contribution in [0.5, 0.6) is 5.75 Å². The van der Waals surface area contributed by atoms with Gasteiger partial charge >= 0.3 is 0 Å². The summed E-state index contributed by atoms with van der Waals surface area (Å²) in [5, 5.41) is 0. The third-order valence-corrected chi connectivity index (χ3v) is 3.31. The van der Waals surface area contributed by atoms with Gasteiger partial charge in [0, 0.05) is 6.42 Å². The van der Waals surface area contributed by atoms with Crippen molar-refractivity contribution in [3.8, 4) is 5.75 Å². The molecule has 1 aliphatic carbocycles. The Hall–Kier alpha value is -1.06. The van der Waals surface area contributed by atoms with Crippen molar-refractivity contribution in [3.63, 3.8) is 0 Å². The summed E-state index contributed by atoms with van der Waals surface area (Å²) in [6.07, 6.45) is 3.30. The molecule has 1 fully saturated rings. The summed E-state index contributed by atoms with van der Waals surface area (Å²) in [5.41, 5.74) is 6.32. The predicted octanol–water partition coefficient (Wildman–Crippen LogP) is 2.41. The molecule has 1 atom stereocenters. The molecule has 1 aromatic carbocycles. The first-order valence-corrected chi connectivity index (χ1v) is 5.63. The lowest BCUT2D eigenvalue weighted by atomic mass is 9.76. The topological polar surface area (TPSA) is 52.3 Å². The number of ether oxygens (including phenoxy) is 1. The molecule has 1 unspecified atom stereocenters. The Morgan fingerprint density at radius 1 is 1.35 bits per heavy atom. The highest BCUT2D eigenvalue weighted by Crippen LogP contribution is 2.33. The minimum Gasteiger partial charge on any atom is -0.497 e. The van der Waals surface area contributed by atoms with Crippen LogP contribution in [0.2, 0.25) is 0 Å². The van der Waals surface area contributed by atoms with Crippen LogP contribution in [0.4, 0.5) is 0 Å². The van der Waals surface area contributed by atoms with Gasteiger partial charge in [0.15, 0.2) is 5.78 Å². The molecule has 0 saturated heterocycles. The molecule has 17 heavy (non-hydrogen) atoms. The number of carbonyl (C=O) groups excluding carboxylic acids is 1. The monoisotopic (exact) mass is 255 g/mol. The molecule has 4 heteroatoms. The molecule has 0 spiro atoms. The number of halogens is 1. The van der Waals surface area contributed by atoms with Crippen molar-refractivity contribution >= 4 is 18.2 Å². The minimum absolute atomic E-state index is 0. The van der Waals surface area contributed by atoms with E-state index < -0.39 is 5.54 Å². The zero-order chi connectivity index (χ0) is 11.6. The summed E-state index contributed by atoms with van der Waals surface area (Å²) in [6.45, 7) is 0. The second kappa shape index (κ2) is 5.52. The van der Waals surface area contributed by atoms with Crippen LogP contribution in [0.15, 0.2) is 24.3 Å². The van der Waals surface area contributed by atoms with Crippen LogP contribution in [0.3, 0.4) is 0 Å². The largest absolute Gasteiger partial charge is 0.497 e. The second-order valence-electron chi connectivity index (χ2n) is 4.33. The van der Waals surface area contributed by atoms with E-state index in [-0.39, 0.29) is 18.2 Å². The average Bonchev–Trinajstić information content (AvgIpc) is 2.33. The molecule has 1 aromatic rings. The van der Waals surface area contributed by atoms with Crippen molar-refractivity contribution in [2.24, 2.45) is 5.73 Å².